The second-order valence-electron chi connectivity index (χ2n) is 4.23. The fourth-order valence-corrected chi connectivity index (χ4v) is 1.61. The summed E-state index contributed by atoms with van der Waals surface area (Å²) in [4.78, 5) is 27.8. The number of methoxy groups -OCH3 is 1. The molecule has 0 radical (unpaired) electrons. The van der Waals surface area contributed by atoms with Crippen LogP contribution in [0.25, 0.3) is 0 Å². The highest BCUT2D eigenvalue weighted by Gasteiger charge is 2.32. The van der Waals surface area contributed by atoms with Crippen molar-refractivity contribution in [3.8, 4) is 0 Å². The molecule has 1 amide bonds. The minimum Gasteiger partial charge on any atom is -0.468 e. The van der Waals surface area contributed by atoms with Crippen LogP contribution in [0, 0.1) is 0 Å². The van der Waals surface area contributed by atoms with Crippen LogP contribution in [0.5, 0.6) is 0 Å². The number of alkyl halides is 3. The van der Waals surface area contributed by atoms with Crippen LogP contribution >= 0.6 is 0 Å². The molecule has 0 unspecified atom stereocenters. The normalized spacial score (nSPS) is 11.1. The lowest BCUT2D eigenvalue weighted by molar-refractivity contribution is -0.141. The molecule has 1 aromatic heterocycles. The zero-order valence-electron chi connectivity index (χ0n) is 11.6. The predicted molar refractivity (Wildman–Crippen MR) is 67.4 cm³/mol. The number of rotatable bonds is 5. The van der Waals surface area contributed by atoms with E-state index >= 15 is 0 Å². The third kappa shape index (κ3) is 4.73. The van der Waals surface area contributed by atoms with Crippen LogP contribution in [0.3, 0.4) is 0 Å². The number of pyridine rings is 1. The molecule has 0 bridgehead atoms. The van der Waals surface area contributed by atoms with Gasteiger partial charge in [0.1, 0.15) is 12.2 Å². The summed E-state index contributed by atoms with van der Waals surface area (Å²) in [5.41, 5.74) is -1.09. The highest BCUT2D eigenvalue weighted by atomic mass is 19.4. The molecule has 0 aromatic carbocycles. The van der Waals surface area contributed by atoms with Gasteiger partial charge in [-0.05, 0) is 18.6 Å². The summed E-state index contributed by atoms with van der Waals surface area (Å²) in [5.74, 6) is -1.17. The van der Waals surface area contributed by atoms with Crippen molar-refractivity contribution >= 4 is 11.9 Å². The monoisotopic (exact) mass is 304 g/mol. The largest absolute Gasteiger partial charge is 0.468 e. The Morgan fingerprint density at radius 1 is 1.33 bits per heavy atom. The fraction of sp³-hybridized carbons (Fsp3) is 0.462. The highest BCUT2D eigenvalue weighted by Crippen LogP contribution is 2.27. The van der Waals surface area contributed by atoms with E-state index in [1.165, 1.54) is 12.0 Å². The smallest absolute Gasteiger partial charge is 0.433 e. The number of halogens is 3. The van der Waals surface area contributed by atoms with Crippen LogP contribution in [0.15, 0.2) is 18.3 Å². The van der Waals surface area contributed by atoms with Crippen LogP contribution in [0.4, 0.5) is 13.2 Å². The zero-order valence-corrected chi connectivity index (χ0v) is 11.6. The second kappa shape index (κ2) is 7.05. The molecule has 0 aliphatic heterocycles. The van der Waals surface area contributed by atoms with Gasteiger partial charge in [-0.1, -0.05) is 6.92 Å². The summed E-state index contributed by atoms with van der Waals surface area (Å²) in [6.45, 7) is 1.84. The third-order valence-electron chi connectivity index (χ3n) is 2.63. The zero-order chi connectivity index (χ0) is 16.0. The molecule has 0 saturated carbocycles. The Labute approximate surface area is 119 Å². The van der Waals surface area contributed by atoms with Crippen LogP contribution in [-0.2, 0) is 15.7 Å². The number of ether oxygens (including phenoxy) is 1. The number of aromatic nitrogens is 1. The Bertz CT molecular complexity index is 500. The van der Waals surface area contributed by atoms with Crippen molar-refractivity contribution in [1.82, 2.24) is 9.88 Å². The van der Waals surface area contributed by atoms with E-state index < -0.39 is 23.7 Å². The van der Waals surface area contributed by atoms with Gasteiger partial charge >= 0.3 is 12.1 Å². The van der Waals surface area contributed by atoms with Crippen molar-refractivity contribution < 1.29 is 27.5 Å². The molecule has 1 aromatic rings. The second-order valence-corrected chi connectivity index (χ2v) is 4.23. The SMILES string of the molecule is CCCN(CC(=O)OC)C(=O)c1ccc(C(F)(F)F)nc1. The van der Waals surface area contributed by atoms with Crippen molar-refractivity contribution in [3.05, 3.63) is 29.6 Å². The number of amides is 1. The summed E-state index contributed by atoms with van der Waals surface area (Å²) in [6, 6.07) is 1.77. The van der Waals surface area contributed by atoms with Gasteiger partial charge in [0.15, 0.2) is 0 Å². The molecule has 0 aliphatic rings. The highest BCUT2D eigenvalue weighted by molar-refractivity contribution is 5.95. The third-order valence-corrected chi connectivity index (χ3v) is 2.63. The molecule has 0 atom stereocenters. The van der Waals surface area contributed by atoms with Gasteiger partial charge in [0, 0.05) is 12.7 Å². The van der Waals surface area contributed by atoms with Gasteiger partial charge in [0.05, 0.1) is 12.7 Å². The van der Waals surface area contributed by atoms with E-state index in [1.54, 1.807) is 0 Å². The van der Waals surface area contributed by atoms with Crippen molar-refractivity contribution in [1.29, 1.82) is 0 Å². The lowest BCUT2D eigenvalue weighted by Gasteiger charge is -2.20. The van der Waals surface area contributed by atoms with E-state index in [0.717, 1.165) is 18.3 Å². The number of carbonyl (C=O) groups excluding carboxylic acids is 2. The van der Waals surface area contributed by atoms with Gasteiger partial charge in [0.25, 0.3) is 5.91 Å². The molecular weight excluding hydrogens is 289 g/mol. The molecule has 1 rings (SSSR count). The van der Waals surface area contributed by atoms with Gasteiger partial charge in [-0.3, -0.25) is 14.6 Å². The number of carbonyl (C=O) groups is 2. The van der Waals surface area contributed by atoms with Gasteiger partial charge in [0.2, 0.25) is 0 Å². The van der Waals surface area contributed by atoms with Gasteiger partial charge in [-0.25, -0.2) is 0 Å². The fourth-order valence-electron chi connectivity index (χ4n) is 1.61. The van der Waals surface area contributed by atoms with Crippen molar-refractivity contribution in [2.45, 2.75) is 19.5 Å². The molecule has 5 nitrogen and oxygen atoms in total. The minimum atomic E-state index is -4.56. The maximum absolute atomic E-state index is 12.4. The van der Waals surface area contributed by atoms with Crippen LogP contribution in [-0.4, -0.2) is 42.0 Å². The number of esters is 1. The quantitative estimate of drug-likeness (QED) is 0.782. The van der Waals surface area contributed by atoms with E-state index in [-0.39, 0.29) is 18.7 Å². The van der Waals surface area contributed by atoms with E-state index in [0.29, 0.717) is 6.42 Å². The van der Waals surface area contributed by atoms with E-state index in [1.807, 2.05) is 6.92 Å². The Kier molecular flexibility index (Phi) is 5.69. The lowest BCUT2D eigenvalue weighted by atomic mass is 10.2. The molecule has 8 heteroatoms. The first kappa shape index (κ1) is 16.9. The Morgan fingerprint density at radius 3 is 2.43 bits per heavy atom. The molecule has 0 fully saturated rings. The summed E-state index contributed by atoms with van der Waals surface area (Å²) >= 11 is 0. The van der Waals surface area contributed by atoms with Crippen LogP contribution < -0.4 is 0 Å². The number of hydrogen-bond acceptors (Lipinski definition) is 4. The first-order valence-corrected chi connectivity index (χ1v) is 6.19. The summed E-state index contributed by atoms with van der Waals surface area (Å²) in [6.07, 6.45) is -3.11. The molecule has 116 valence electrons. The van der Waals surface area contributed by atoms with E-state index in [2.05, 4.69) is 9.72 Å². The van der Waals surface area contributed by atoms with Gasteiger partial charge in [-0.2, -0.15) is 13.2 Å². The molecule has 0 N–H and O–H groups in total. The topological polar surface area (TPSA) is 59.5 Å². The van der Waals surface area contributed by atoms with Crippen LogP contribution in [0.2, 0.25) is 0 Å². The van der Waals surface area contributed by atoms with E-state index in [9.17, 15) is 22.8 Å². The molecule has 1 heterocycles. The lowest BCUT2D eigenvalue weighted by Crippen LogP contribution is -2.36. The first-order valence-electron chi connectivity index (χ1n) is 6.19. The molecular formula is C13H15F3N2O3. The predicted octanol–water partition coefficient (Wildman–Crippen LogP) is 2.13. The first-order chi connectivity index (χ1) is 9.79. The van der Waals surface area contributed by atoms with E-state index in [4.69, 9.17) is 0 Å². The number of nitrogens with zero attached hydrogens (tertiary/aromatic N) is 2. The standard InChI is InChI=1S/C13H15F3N2O3/c1-3-6-18(8-11(19)21-2)12(20)9-4-5-10(17-7-9)13(14,15)16/h4-5,7H,3,6,8H2,1-2H3. The van der Waals surface area contributed by atoms with Gasteiger partial charge < -0.3 is 9.64 Å². The maximum Gasteiger partial charge on any atom is 0.433 e. The summed E-state index contributed by atoms with van der Waals surface area (Å²) < 4.78 is 41.7. The van der Waals surface area contributed by atoms with Gasteiger partial charge in [-0.15, -0.1) is 0 Å². The average molecular weight is 304 g/mol. The van der Waals surface area contributed by atoms with Crippen molar-refractivity contribution in [2.24, 2.45) is 0 Å². The Hall–Kier alpha value is -2.12. The Balaban J connectivity index is 2.91. The van der Waals surface area contributed by atoms with Crippen molar-refractivity contribution in [2.75, 3.05) is 20.2 Å². The molecule has 0 saturated heterocycles. The molecule has 0 spiro atoms. The molecule has 21 heavy (non-hydrogen) atoms. The maximum atomic E-state index is 12.4. The summed E-state index contributed by atoms with van der Waals surface area (Å²) in [5, 5.41) is 0. The Morgan fingerprint density at radius 2 is 2.00 bits per heavy atom. The van der Waals surface area contributed by atoms with Crippen molar-refractivity contribution in [3.63, 3.8) is 0 Å². The average Bonchev–Trinajstić information content (AvgIpc) is 2.45. The minimum absolute atomic E-state index is 0.0136. The summed E-state index contributed by atoms with van der Waals surface area (Å²) in [7, 11) is 1.19. The van der Waals surface area contributed by atoms with Crippen LogP contribution in [0.1, 0.15) is 29.4 Å². The number of hydrogen-bond donors (Lipinski definition) is 0. The molecule has 0 aliphatic carbocycles.